The summed E-state index contributed by atoms with van der Waals surface area (Å²) in [6.45, 7) is 7.64. The van der Waals surface area contributed by atoms with Gasteiger partial charge in [-0.1, -0.05) is 36.4 Å². The lowest BCUT2D eigenvalue weighted by atomic mass is 10.2. The molecule has 0 aliphatic heterocycles. The number of rotatable bonds is 9. The van der Waals surface area contributed by atoms with Crippen LogP contribution in [0.2, 0.25) is 0 Å². The molecule has 0 atom stereocenters. The largest absolute Gasteiger partial charge is 0.461 e. The van der Waals surface area contributed by atoms with Gasteiger partial charge in [0.2, 0.25) is 0 Å². The van der Waals surface area contributed by atoms with E-state index < -0.39 is 23.8 Å². The minimum atomic E-state index is -0.750. The van der Waals surface area contributed by atoms with Crippen molar-refractivity contribution in [3.05, 3.63) is 47.7 Å². The third-order valence-corrected chi connectivity index (χ3v) is 3.34. The zero-order chi connectivity index (χ0) is 21.7. The molecule has 1 rings (SSSR count). The summed E-state index contributed by atoms with van der Waals surface area (Å²) < 4.78 is 15.2. The van der Waals surface area contributed by atoms with Crippen molar-refractivity contribution in [3.63, 3.8) is 0 Å². The smallest absolute Gasteiger partial charge is 0.412 e. The highest BCUT2D eigenvalue weighted by Crippen LogP contribution is 2.07. The van der Waals surface area contributed by atoms with E-state index >= 15 is 0 Å². The Bertz CT molecular complexity index is 695. The molecule has 2 amide bonds. The van der Waals surface area contributed by atoms with Crippen LogP contribution in [0.3, 0.4) is 0 Å². The summed E-state index contributed by atoms with van der Waals surface area (Å²) >= 11 is 0. The van der Waals surface area contributed by atoms with Gasteiger partial charge in [0.25, 0.3) is 0 Å². The molecule has 0 aromatic heterocycles. The van der Waals surface area contributed by atoms with Crippen molar-refractivity contribution in [2.75, 3.05) is 13.2 Å². The van der Waals surface area contributed by atoms with Gasteiger partial charge in [0, 0.05) is 6.54 Å². The fraction of sp³-hybridized carbons (Fsp3) is 0.476. The van der Waals surface area contributed by atoms with E-state index in [9.17, 15) is 14.4 Å². The molecule has 0 aliphatic rings. The Morgan fingerprint density at radius 2 is 1.72 bits per heavy atom. The maximum Gasteiger partial charge on any atom is 0.412 e. The number of benzene rings is 1. The van der Waals surface area contributed by atoms with E-state index in [0.29, 0.717) is 19.4 Å². The third-order valence-electron chi connectivity index (χ3n) is 3.34. The Morgan fingerprint density at radius 1 is 1.03 bits per heavy atom. The number of ether oxygens (including phenoxy) is 3. The number of hydrogen-bond donors (Lipinski definition) is 2. The molecule has 0 bridgehead atoms. The van der Waals surface area contributed by atoms with Gasteiger partial charge in [0.15, 0.2) is 0 Å². The van der Waals surface area contributed by atoms with Crippen LogP contribution in [0.1, 0.15) is 46.1 Å². The van der Waals surface area contributed by atoms with Crippen molar-refractivity contribution >= 4 is 18.2 Å². The average molecular weight is 406 g/mol. The lowest BCUT2D eigenvalue weighted by molar-refractivity contribution is -0.138. The van der Waals surface area contributed by atoms with Gasteiger partial charge in [-0.3, -0.25) is 5.32 Å². The summed E-state index contributed by atoms with van der Waals surface area (Å²) in [6.07, 6.45) is 1.26. The van der Waals surface area contributed by atoms with Crippen molar-refractivity contribution in [2.24, 2.45) is 0 Å². The van der Waals surface area contributed by atoms with Gasteiger partial charge in [-0.25, -0.2) is 14.4 Å². The van der Waals surface area contributed by atoms with Crippen molar-refractivity contribution in [1.82, 2.24) is 10.6 Å². The molecule has 0 spiro atoms. The molecule has 1 aromatic carbocycles. The van der Waals surface area contributed by atoms with Crippen molar-refractivity contribution < 1.29 is 28.6 Å². The van der Waals surface area contributed by atoms with Crippen LogP contribution in [0.5, 0.6) is 0 Å². The zero-order valence-corrected chi connectivity index (χ0v) is 17.4. The van der Waals surface area contributed by atoms with Crippen LogP contribution < -0.4 is 10.6 Å². The topological polar surface area (TPSA) is 103 Å². The average Bonchev–Trinajstić information content (AvgIpc) is 2.64. The second-order valence-corrected chi connectivity index (χ2v) is 7.10. The Labute approximate surface area is 171 Å². The Morgan fingerprint density at radius 3 is 2.34 bits per heavy atom. The molecule has 0 saturated carbocycles. The van der Waals surface area contributed by atoms with Crippen LogP contribution in [0, 0.1) is 0 Å². The lowest BCUT2D eigenvalue weighted by Crippen LogP contribution is -2.33. The highest BCUT2D eigenvalue weighted by Gasteiger charge is 2.16. The van der Waals surface area contributed by atoms with Gasteiger partial charge in [0.1, 0.15) is 17.9 Å². The molecule has 0 aliphatic carbocycles. The number of unbranched alkanes of at least 4 members (excludes halogenated alkanes) is 1. The monoisotopic (exact) mass is 406 g/mol. The number of hydrogen-bond acceptors (Lipinski definition) is 6. The molecule has 29 heavy (non-hydrogen) atoms. The molecule has 160 valence electrons. The number of carbonyl (C=O) groups is 3. The number of esters is 1. The first-order valence-electron chi connectivity index (χ1n) is 9.53. The van der Waals surface area contributed by atoms with Crippen LogP contribution in [0.15, 0.2) is 42.1 Å². The predicted octanol–water partition coefficient (Wildman–Crippen LogP) is 3.66. The highest BCUT2D eigenvalue weighted by atomic mass is 16.6. The van der Waals surface area contributed by atoms with Crippen LogP contribution in [0.4, 0.5) is 9.59 Å². The van der Waals surface area contributed by atoms with Crippen LogP contribution in [-0.4, -0.2) is 36.9 Å². The van der Waals surface area contributed by atoms with Crippen LogP contribution in [-0.2, 0) is 25.6 Å². The molecule has 2 N–H and O–H groups in total. The van der Waals surface area contributed by atoms with E-state index in [4.69, 9.17) is 14.2 Å². The minimum Gasteiger partial charge on any atom is -0.461 e. The number of allylic oxidation sites excluding steroid dienone is 1. The quantitative estimate of drug-likeness (QED) is 0.281. The molecular weight excluding hydrogens is 376 g/mol. The molecule has 1 aromatic rings. The van der Waals surface area contributed by atoms with E-state index in [1.54, 1.807) is 33.8 Å². The molecule has 0 unspecified atom stereocenters. The van der Waals surface area contributed by atoms with Gasteiger partial charge >= 0.3 is 18.2 Å². The van der Waals surface area contributed by atoms with E-state index in [1.807, 2.05) is 30.3 Å². The Hall–Kier alpha value is -3.03. The summed E-state index contributed by atoms with van der Waals surface area (Å²) in [5.41, 5.74) is 0.269. The van der Waals surface area contributed by atoms with Crippen LogP contribution >= 0.6 is 0 Å². The number of amides is 2. The van der Waals surface area contributed by atoms with Crippen molar-refractivity contribution in [2.45, 2.75) is 52.7 Å². The first-order chi connectivity index (χ1) is 13.7. The fourth-order valence-corrected chi connectivity index (χ4v) is 2.12. The van der Waals surface area contributed by atoms with E-state index in [0.717, 1.165) is 5.56 Å². The zero-order valence-electron chi connectivity index (χ0n) is 17.4. The molecule has 8 heteroatoms. The van der Waals surface area contributed by atoms with Gasteiger partial charge in [0.05, 0.1) is 6.61 Å². The molecular formula is C21H30N2O6. The number of alkyl carbamates (subject to hydrolysis) is 2. The predicted molar refractivity (Wildman–Crippen MR) is 108 cm³/mol. The first-order valence-corrected chi connectivity index (χ1v) is 9.53. The SMILES string of the molecule is CCOC(=O)/C(=C\CCCNC(=O)OC(C)(C)C)NC(=O)OCc1ccccc1. The highest BCUT2D eigenvalue weighted by molar-refractivity contribution is 5.92. The summed E-state index contributed by atoms with van der Waals surface area (Å²) in [6, 6.07) is 9.20. The summed E-state index contributed by atoms with van der Waals surface area (Å²) in [7, 11) is 0. The lowest BCUT2D eigenvalue weighted by Gasteiger charge is -2.19. The molecule has 0 fully saturated rings. The van der Waals surface area contributed by atoms with Gasteiger partial charge in [-0.2, -0.15) is 0 Å². The number of nitrogens with one attached hydrogen (secondary N) is 2. The van der Waals surface area contributed by atoms with E-state index in [-0.39, 0.29) is 18.9 Å². The fourth-order valence-electron chi connectivity index (χ4n) is 2.12. The molecule has 0 heterocycles. The third kappa shape index (κ3) is 11.4. The van der Waals surface area contributed by atoms with Crippen LogP contribution in [0.25, 0.3) is 0 Å². The molecule has 8 nitrogen and oxygen atoms in total. The maximum absolute atomic E-state index is 12.0. The number of carbonyl (C=O) groups excluding carboxylic acids is 3. The maximum atomic E-state index is 12.0. The molecule has 0 radical (unpaired) electrons. The minimum absolute atomic E-state index is 0.00202. The van der Waals surface area contributed by atoms with Gasteiger partial charge < -0.3 is 19.5 Å². The normalized spacial score (nSPS) is 11.4. The Kier molecular flexibility index (Phi) is 10.3. The standard InChI is InChI=1S/C21H30N2O6/c1-5-27-18(24)17(13-9-10-14-22-19(25)29-21(2,3)4)23-20(26)28-15-16-11-7-6-8-12-16/h6-8,11-13H,5,9-10,14-15H2,1-4H3,(H,22,25)(H,23,26)/b17-13+. The molecule has 0 saturated heterocycles. The van der Waals surface area contributed by atoms with Crippen molar-refractivity contribution in [1.29, 1.82) is 0 Å². The second kappa shape index (κ2) is 12.4. The van der Waals surface area contributed by atoms with E-state index in [1.165, 1.54) is 0 Å². The van der Waals surface area contributed by atoms with Crippen molar-refractivity contribution in [3.8, 4) is 0 Å². The summed E-state index contributed by atoms with van der Waals surface area (Å²) in [5, 5.41) is 5.04. The summed E-state index contributed by atoms with van der Waals surface area (Å²) in [4.78, 5) is 35.6. The van der Waals surface area contributed by atoms with Gasteiger partial charge in [-0.05, 0) is 46.1 Å². The Balaban J connectivity index is 2.48. The first kappa shape index (κ1) is 24.0. The van der Waals surface area contributed by atoms with Gasteiger partial charge in [-0.15, -0.1) is 0 Å². The second-order valence-electron chi connectivity index (χ2n) is 7.10. The van der Waals surface area contributed by atoms with E-state index in [2.05, 4.69) is 10.6 Å². The summed E-state index contributed by atoms with van der Waals surface area (Å²) in [5.74, 6) is -0.649.